The number of aryl methyl sites for hydroxylation is 1. The minimum absolute atomic E-state index is 0.111. The van der Waals surface area contributed by atoms with E-state index in [0.717, 1.165) is 5.56 Å². The highest BCUT2D eigenvalue weighted by molar-refractivity contribution is 5.92. The zero-order valence-corrected chi connectivity index (χ0v) is 13.4. The summed E-state index contributed by atoms with van der Waals surface area (Å²) in [7, 11) is 1.43. The standard InChI is InChI=1S/C17H18N2O5/c1-12-3-6-14(7-4-12)24-10-9-17(20)18-15-11-13(19(21)22)5-8-16(15)23-2/h3-8,11H,9-10H2,1-2H3,(H,18,20). The van der Waals surface area contributed by atoms with Crippen molar-refractivity contribution in [2.24, 2.45) is 0 Å². The molecule has 2 rings (SSSR count). The maximum Gasteiger partial charge on any atom is 0.271 e. The fraction of sp³-hybridized carbons (Fsp3) is 0.235. The van der Waals surface area contributed by atoms with Crippen LogP contribution in [0.2, 0.25) is 0 Å². The van der Waals surface area contributed by atoms with Gasteiger partial charge in [0, 0.05) is 12.1 Å². The van der Waals surface area contributed by atoms with Gasteiger partial charge in [-0.1, -0.05) is 17.7 Å². The number of rotatable bonds is 7. The first-order chi connectivity index (χ1) is 11.5. The zero-order valence-electron chi connectivity index (χ0n) is 13.4. The molecule has 2 aromatic carbocycles. The molecule has 0 aliphatic rings. The Kier molecular flexibility index (Phi) is 5.73. The van der Waals surface area contributed by atoms with Crippen LogP contribution in [-0.4, -0.2) is 24.5 Å². The second kappa shape index (κ2) is 7.96. The molecule has 1 amide bonds. The molecule has 0 bridgehead atoms. The number of nitrogens with zero attached hydrogens (tertiary/aromatic N) is 1. The molecule has 7 nitrogen and oxygen atoms in total. The minimum atomic E-state index is -0.532. The van der Waals surface area contributed by atoms with Crippen molar-refractivity contribution in [3.63, 3.8) is 0 Å². The molecule has 126 valence electrons. The smallest absolute Gasteiger partial charge is 0.271 e. The average Bonchev–Trinajstić information content (AvgIpc) is 2.56. The van der Waals surface area contributed by atoms with Gasteiger partial charge in [-0.05, 0) is 25.1 Å². The molecule has 24 heavy (non-hydrogen) atoms. The SMILES string of the molecule is COc1ccc([N+](=O)[O-])cc1NC(=O)CCOc1ccc(C)cc1. The van der Waals surface area contributed by atoms with Gasteiger partial charge in [0.2, 0.25) is 5.91 Å². The van der Waals surface area contributed by atoms with E-state index in [0.29, 0.717) is 11.5 Å². The van der Waals surface area contributed by atoms with Crippen molar-refractivity contribution in [3.05, 3.63) is 58.1 Å². The summed E-state index contributed by atoms with van der Waals surface area (Å²) in [5.74, 6) is 0.718. The molecule has 0 radical (unpaired) electrons. The van der Waals surface area contributed by atoms with Crippen molar-refractivity contribution >= 4 is 17.3 Å². The Morgan fingerprint density at radius 3 is 2.54 bits per heavy atom. The number of hydrogen-bond donors (Lipinski definition) is 1. The molecule has 0 unspecified atom stereocenters. The number of amides is 1. The Morgan fingerprint density at radius 2 is 1.92 bits per heavy atom. The largest absolute Gasteiger partial charge is 0.495 e. The van der Waals surface area contributed by atoms with Crippen molar-refractivity contribution in [2.75, 3.05) is 19.0 Å². The van der Waals surface area contributed by atoms with E-state index >= 15 is 0 Å². The molecule has 0 saturated carbocycles. The Labute approximate surface area is 139 Å². The molecule has 0 aliphatic heterocycles. The third kappa shape index (κ3) is 4.70. The number of nitro benzene ring substituents is 1. The fourth-order valence-electron chi connectivity index (χ4n) is 2.02. The number of nitrogens with one attached hydrogen (secondary N) is 1. The molecule has 0 spiro atoms. The fourth-order valence-corrected chi connectivity index (χ4v) is 2.02. The summed E-state index contributed by atoms with van der Waals surface area (Å²) in [6, 6.07) is 11.5. The number of carbonyl (C=O) groups excluding carboxylic acids is 1. The predicted octanol–water partition coefficient (Wildman–Crippen LogP) is 3.32. The van der Waals surface area contributed by atoms with Gasteiger partial charge in [-0.2, -0.15) is 0 Å². The second-order valence-electron chi connectivity index (χ2n) is 5.10. The van der Waals surface area contributed by atoms with Gasteiger partial charge in [0.15, 0.2) is 0 Å². The predicted molar refractivity (Wildman–Crippen MR) is 89.6 cm³/mol. The van der Waals surface area contributed by atoms with Gasteiger partial charge in [0.1, 0.15) is 11.5 Å². The normalized spacial score (nSPS) is 10.1. The van der Waals surface area contributed by atoms with E-state index in [4.69, 9.17) is 9.47 Å². The number of methoxy groups -OCH3 is 1. The number of carbonyl (C=O) groups is 1. The summed E-state index contributed by atoms with van der Waals surface area (Å²) in [5, 5.41) is 13.4. The lowest BCUT2D eigenvalue weighted by Crippen LogP contribution is -2.15. The van der Waals surface area contributed by atoms with Crippen LogP contribution in [-0.2, 0) is 4.79 Å². The number of anilines is 1. The zero-order chi connectivity index (χ0) is 17.5. The summed E-state index contributed by atoms with van der Waals surface area (Å²) in [4.78, 5) is 22.3. The Balaban J connectivity index is 1.93. The first kappa shape index (κ1) is 17.3. The summed E-state index contributed by atoms with van der Waals surface area (Å²) in [6.07, 6.45) is 0.111. The van der Waals surface area contributed by atoms with Gasteiger partial charge in [0.05, 0.1) is 30.7 Å². The molecule has 0 heterocycles. The Morgan fingerprint density at radius 1 is 1.21 bits per heavy atom. The van der Waals surface area contributed by atoms with Crippen LogP contribution in [0.3, 0.4) is 0 Å². The monoisotopic (exact) mass is 330 g/mol. The van der Waals surface area contributed by atoms with Crippen molar-refractivity contribution in [1.29, 1.82) is 0 Å². The second-order valence-corrected chi connectivity index (χ2v) is 5.10. The highest BCUT2D eigenvalue weighted by Gasteiger charge is 2.13. The number of non-ortho nitro benzene ring substituents is 1. The van der Waals surface area contributed by atoms with Gasteiger partial charge in [-0.3, -0.25) is 14.9 Å². The average molecular weight is 330 g/mol. The van der Waals surface area contributed by atoms with E-state index in [2.05, 4.69) is 5.32 Å². The van der Waals surface area contributed by atoms with Gasteiger partial charge < -0.3 is 14.8 Å². The third-order valence-corrected chi connectivity index (χ3v) is 3.29. The Hall–Kier alpha value is -3.09. The number of hydrogen-bond acceptors (Lipinski definition) is 5. The maximum atomic E-state index is 12.0. The minimum Gasteiger partial charge on any atom is -0.495 e. The number of nitro groups is 1. The molecule has 7 heteroatoms. The van der Waals surface area contributed by atoms with Gasteiger partial charge in [-0.15, -0.1) is 0 Å². The van der Waals surface area contributed by atoms with E-state index in [1.54, 1.807) is 0 Å². The quantitative estimate of drug-likeness (QED) is 0.621. The van der Waals surface area contributed by atoms with Crippen molar-refractivity contribution in [3.8, 4) is 11.5 Å². The summed E-state index contributed by atoms with van der Waals surface area (Å²) in [6.45, 7) is 2.18. The summed E-state index contributed by atoms with van der Waals surface area (Å²) in [5.41, 5.74) is 1.26. The van der Waals surface area contributed by atoms with Crippen LogP contribution in [0.5, 0.6) is 11.5 Å². The number of ether oxygens (including phenoxy) is 2. The van der Waals surface area contributed by atoms with Crippen molar-refractivity contribution in [1.82, 2.24) is 0 Å². The lowest BCUT2D eigenvalue weighted by Gasteiger charge is -2.10. The molecular weight excluding hydrogens is 312 g/mol. The van der Waals surface area contributed by atoms with Crippen LogP contribution in [0.1, 0.15) is 12.0 Å². The topological polar surface area (TPSA) is 90.7 Å². The molecule has 0 fully saturated rings. The van der Waals surface area contributed by atoms with Crippen molar-refractivity contribution in [2.45, 2.75) is 13.3 Å². The Bertz CT molecular complexity index is 728. The highest BCUT2D eigenvalue weighted by atomic mass is 16.6. The van der Waals surface area contributed by atoms with E-state index in [-0.39, 0.29) is 30.3 Å². The maximum absolute atomic E-state index is 12.0. The highest BCUT2D eigenvalue weighted by Crippen LogP contribution is 2.28. The van der Waals surface area contributed by atoms with Gasteiger partial charge in [-0.25, -0.2) is 0 Å². The van der Waals surface area contributed by atoms with E-state index in [1.165, 1.54) is 25.3 Å². The number of benzene rings is 2. The van der Waals surface area contributed by atoms with Crippen LogP contribution in [0.15, 0.2) is 42.5 Å². The van der Waals surface area contributed by atoms with Crippen LogP contribution in [0.4, 0.5) is 11.4 Å². The van der Waals surface area contributed by atoms with Gasteiger partial charge in [0.25, 0.3) is 5.69 Å². The molecule has 0 aromatic heterocycles. The van der Waals surface area contributed by atoms with E-state index in [9.17, 15) is 14.9 Å². The van der Waals surface area contributed by atoms with Crippen LogP contribution in [0.25, 0.3) is 0 Å². The first-order valence-electron chi connectivity index (χ1n) is 7.31. The van der Waals surface area contributed by atoms with Crippen LogP contribution >= 0.6 is 0 Å². The summed E-state index contributed by atoms with van der Waals surface area (Å²) >= 11 is 0. The molecule has 0 aliphatic carbocycles. The third-order valence-electron chi connectivity index (χ3n) is 3.29. The van der Waals surface area contributed by atoms with Crippen molar-refractivity contribution < 1.29 is 19.2 Å². The lowest BCUT2D eigenvalue weighted by molar-refractivity contribution is -0.384. The molecular formula is C17H18N2O5. The van der Waals surface area contributed by atoms with E-state index < -0.39 is 4.92 Å². The molecule has 0 atom stereocenters. The molecule has 0 saturated heterocycles. The first-order valence-corrected chi connectivity index (χ1v) is 7.31. The molecule has 2 aromatic rings. The molecule has 1 N–H and O–H groups in total. The van der Waals surface area contributed by atoms with Gasteiger partial charge >= 0.3 is 0 Å². The van der Waals surface area contributed by atoms with E-state index in [1.807, 2.05) is 31.2 Å². The summed E-state index contributed by atoms with van der Waals surface area (Å²) < 4.78 is 10.6. The van der Waals surface area contributed by atoms with Crippen LogP contribution in [0, 0.1) is 17.0 Å². The lowest BCUT2D eigenvalue weighted by atomic mass is 10.2. The van der Waals surface area contributed by atoms with Crippen LogP contribution < -0.4 is 14.8 Å².